The maximum atomic E-state index is 11.5. The molecule has 1 aliphatic carbocycles. The molecule has 0 radical (unpaired) electrons. The van der Waals surface area contributed by atoms with Crippen LogP contribution in [0.5, 0.6) is 0 Å². The summed E-state index contributed by atoms with van der Waals surface area (Å²) in [5, 5.41) is 0. The molecule has 0 fully saturated rings. The lowest BCUT2D eigenvalue weighted by Gasteiger charge is -2.13. The van der Waals surface area contributed by atoms with E-state index in [1.165, 1.54) is 24.0 Å². The molecule has 0 aliphatic heterocycles. The average Bonchev–Trinajstić information content (AvgIpc) is 2.39. The molecule has 1 aliphatic rings. The third-order valence-electron chi connectivity index (χ3n) is 3.11. The maximum absolute atomic E-state index is 11.5. The van der Waals surface area contributed by atoms with E-state index in [2.05, 4.69) is 18.2 Å². The van der Waals surface area contributed by atoms with Crippen molar-refractivity contribution in [1.29, 1.82) is 0 Å². The summed E-state index contributed by atoms with van der Waals surface area (Å²) < 4.78 is 0. The second kappa shape index (κ2) is 3.95. The lowest BCUT2D eigenvalue weighted by Crippen LogP contribution is -2.09. The number of Topliss-reactive ketones (excluding diaryl/α,β-unsaturated/α-hetero) is 1. The zero-order chi connectivity index (χ0) is 9.97. The SMILES string of the molecule is CC(=O)C1CCCCc2ccccc21. The van der Waals surface area contributed by atoms with E-state index in [9.17, 15) is 4.79 Å². The van der Waals surface area contributed by atoms with Crippen LogP contribution in [0, 0.1) is 0 Å². The summed E-state index contributed by atoms with van der Waals surface area (Å²) in [4.78, 5) is 11.5. The first-order chi connectivity index (χ1) is 6.79. The Morgan fingerprint density at radius 1 is 1.29 bits per heavy atom. The highest BCUT2D eigenvalue weighted by atomic mass is 16.1. The van der Waals surface area contributed by atoms with Crippen LogP contribution in [0.15, 0.2) is 24.3 Å². The molecule has 0 spiro atoms. The standard InChI is InChI=1S/C13H16O/c1-10(14)12-8-4-2-6-11-7-3-5-9-13(11)12/h3,5,7,9,12H,2,4,6,8H2,1H3. The molecule has 1 unspecified atom stereocenters. The van der Waals surface area contributed by atoms with Gasteiger partial charge in [-0.3, -0.25) is 4.79 Å². The van der Waals surface area contributed by atoms with Gasteiger partial charge in [-0.1, -0.05) is 30.7 Å². The highest BCUT2D eigenvalue weighted by Gasteiger charge is 2.21. The minimum absolute atomic E-state index is 0.161. The number of carbonyl (C=O) groups excluding carboxylic acids is 1. The molecule has 1 heteroatoms. The fourth-order valence-electron chi connectivity index (χ4n) is 2.34. The molecule has 0 N–H and O–H groups in total. The minimum Gasteiger partial charge on any atom is -0.299 e. The van der Waals surface area contributed by atoms with Crippen molar-refractivity contribution in [3.8, 4) is 0 Å². The van der Waals surface area contributed by atoms with Crippen molar-refractivity contribution in [3.05, 3.63) is 35.4 Å². The molecule has 74 valence electrons. The zero-order valence-electron chi connectivity index (χ0n) is 8.62. The van der Waals surface area contributed by atoms with Gasteiger partial charge in [0.1, 0.15) is 5.78 Å². The van der Waals surface area contributed by atoms with Gasteiger partial charge in [0.2, 0.25) is 0 Å². The summed E-state index contributed by atoms with van der Waals surface area (Å²) in [6.45, 7) is 1.72. The van der Waals surface area contributed by atoms with E-state index >= 15 is 0 Å². The van der Waals surface area contributed by atoms with Gasteiger partial charge in [-0.2, -0.15) is 0 Å². The van der Waals surface area contributed by atoms with E-state index in [4.69, 9.17) is 0 Å². The number of hydrogen-bond acceptors (Lipinski definition) is 1. The van der Waals surface area contributed by atoms with Crippen molar-refractivity contribution in [2.45, 2.75) is 38.5 Å². The van der Waals surface area contributed by atoms with Crippen molar-refractivity contribution < 1.29 is 4.79 Å². The van der Waals surface area contributed by atoms with Crippen LogP contribution < -0.4 is 0 Å². The first-order valence-electron chi connectivity index (χ1n) is 5.37. The molecular weight excluding hydrogens is 172 g/mol. The van der Waals surface area contributed by atoms with Crippen LogP contribution in [0.4, 0.5) is 0 Å². The summed E-state index contributed by atoms with van der Waals surface area (Å²) in [6.07, 6.45) is 4.58. The van der Waals surface area contributed by atoms with E-state index in [0.717, 1.165) is 12.8 Å². The second-order valence-electron chi connectivity index (χ2n) is 4.11. The summed E-state index contributed by atoms with van der Waals surface area (Å²) in [5.41, 5.74) is 2.66. The third-order valence-corrected chi connectivity index (χ3v) is 3.11. The van der Waals surface area contributed by atoms with Crippen LogP contribution in [0.2, 0.25) is 0 Å². The fourth-order valence-corrected chi connectivity index (χ4v) is 2.34. The predicted molar refractivity (Wildman–Crippen MR) is 57.4 cm³/mol. The quantitative estimate of drug-likeness (QED) is 0.619. The Labute approximate surface area is 85.1 Å². The number of aryl methyl sites for hydroxylation is 1. The topological polar surface area (TPSA) is 17.1 Å². The zero-order valence-corrected chi connectivity index (χ0v) is 8.62. The molecule has 1 atom stereocenters. The number of carbonyl (C=O) groups is 1. The molecule has 14 heavy (non-hydrogen) atoms. The van der Waals surface area contributed by atoms with Gasteiger partial charge in [0.05, 0.1) is 0 Å². The predicted octanol–water partition coefficient (Wildman–Crippen LogP) is 3.09. The van der Waals surface area contributed by atoms with Gasteiger partial charge in [-0.05, 0) is 37.3 Å². The van der Waals surface area contributed by atoms with E-state index < -0.39 is 0 Å². The van der Waals surface area contributed by atoms with Gasteiger partial charge in [0.15, 0.2) is 0 Å². The summed E-state index contributed by atoms with van der Waals surface area (Å²) >= 11 is 0. The van der Waals surface area contributed by atoms with E-state index in [1.807, 2.05) is 6.07 Å². The first-order valence-corrected chi connectivity index (χ1v) is 5.37. The van der Waals surface area contributed by atoms with E-state index in [0.29, 0.717) is 5.78 Å². The molecule has 1 aromatic carbocycles. The Morgan fingerprint density at radius 2 is 2.07 bits per heavy atom. The summed E-state index contributed by atoms with van der Waals surface area (Å²) in [6, 6.07) is 8.39. The van der Waals surface area contributed by atoms with Gasteiger partial charge in [-0.25, -0.2) is 0 Å². The second-order valence-corrected chi connectivity index (χ2v) is 4.11. The highest BCUT2D eigenvalue weighted by molar-refractivity contribution is 5.83. The Balaban J connectivity index is 2.42. The van der Waals surface area contributed by atoms with Gasteiger partial charge in [0, 0.05) is 5.92 Å². The van der Waals surface area contributed by atoms with Crippen LogP contribution in [-0.4, -0.2) is 5.78 Å². The van der Waals surface area contributed by atoms with E-state index in [1.54, 1.807) is 6.92 Å². The smallest absolute Gasteiger partial charge is 0.137 e. The minimum atomic E-state index is 0.161. The molecule has 0 aromatic heterocycles. The molecule has 0 saturated carbocycles. The van der Waals surface area contributed by atoms with Crippen LogP contribution in [0.1, 0.15) is 43.2 Å². The van der Waals surface area contributed by atoms with Crippen LogP contribution in [-0.2, 0) is 11.2 Å². The monoisotopic (exact) mass is 188 g/mol. The molecular formula is C13H16O. The molecule has 0 amide bonds. The van der Waals surface area contributed by atoms with Crippen molar-refractivity contribution in [1.82, 2.24) is 0 Å². The molecule has 0 heterocycles. The van der Waals surface area contributed by atoms with Crippen molar-refractivity contribution in [3.63, 3.8) is 0 Å². The summed E-state index contributed by atoms with van der Waals surface area (Å²) in [5.74, 6) is 0.480. The van der Waals surface area contributed by atoms with Gasteiger partial charge >= 0.3 is 0 Å². The van der Waals surface area contributed by atoms with Crippen LogP contribution in [0.3, 0.4) is 0 Å². The molecule has 1 aromatic rings. The average molecular weight is 188 g/mol. The third kappa shape index (κ3) is 1.72. The van der Waals surface area contributed by atoms with Gasteiger partial charge in [-0.15, -0.1) is 0 Å². The number of rotatable bonds is 1. The Morgan fingerprint density at radius 3 is 2.86 bits per heavy atom. The lowest BCUT2D eigenvalue weighted by atomic mass is 9.90. The number of fused-ring (bicyclic) bond motifs is 1. The normalized spacial score (nSPS) is 21.1. The van der Waals surface area contributed by atoms with Crippen molar-refractivity contribution in [2.24, 2.45) is 0 Å². The van der Waals surface area contributed by atoms with Crippen molar-refractivity contribution in [2.75, 3.05) is 0 Å². The van der Waals surface area contributed by atoms with Crippen LogP contribution in [0.25, 0.3) is 0 Å². The Bertz CT molecular complexity index is 341. The lowest BCUT2D eigenvalue weighted by molar-refractivity contribution is -0.118. The molecule has 0 bridgehead atoms. The maximum Gasteiger partial charge on any atom is 0.137 e. The number of hydrogen-bond donors (Lipinski definition) is 0. The van der Waals surface area contributed by atoms with E-state index in [-0.39, 0.29) is 5.92 Å². The van der Waals surface area contributed by atoms with Gasteiger partial charge in [0.25, 0.3) is 0 Å². The molecule has 0 saturated heterocycles. The van der Waals surface area contributed by atoms with Crippen LogP contribution >= 0.6 is 0 Å². The number of ketones is 1. The summed E-state index contributed by atoms with van der Waals surface area (Å²) in [7, 11) is 0. The molecule has 1 nitrogen and oxygen atoms in total. The van der Waals surface area contributed by atoms with Gasteiger partial charge < -0.3 is 0 Å². The Kier molecular flexibility index (Phi) is 2.67. The fraction of sp³-hybridized carbons (Fsp3) is 0.462. The largest absolute Gasteiger partial charge is 0.299 e. The highest BCUT2D eigenvalue weighted by Crippen LogP contribution is 2.30. The Hall–Kier alpha value is -1.11. The van der Waals surface area contributed by atoms with Crippen molar-refractivity contribution >= 4 is 5.78 Å². The first kappa shape index (κ1) is 9.45. The number of benzene rings is 1. The molecule has 2 rings (SSSR count).